The number of nitrogens with two attached hydrogens (primary N) is 1. The second-order valence-electron chi connectivity index (χ2n) is 4.46. The van der Waals surface area contributed by atoms with Gasteiger partial charge in [0.05, 0.1) is 6.61 Å². The zero-order valence-electron chi connectivity index (χ0n) is 10.7. The number of carbonyl (C=O) groups excluding carboxylic acids is 1. The van der Waals surface area contributed by atoms with E-state index in [0.717, 1.165) is 5.56 Å². The van der Waals surface area contributed by atoms with Crippen molar-refractivity contribution in [1.29, 1.82) is 0 Å². The van der Waals surface area contributed by atoms with Gasteiger partial charge in [-0.25, -0.2) is 0 Å². The Morgan fingerprint density at radius 3 is 2.61 bits per heavy atom. The summed E-state index contributed by atoms with van der Waals surface area (Å²) in [5.74, 6) is -0.487. The predicted octanol–water partition coefficient (Wildman–Crippen LogP) is 1.64. The maximum Gasteiger partial charge on any atom is 0.248 e. The van der Waals surface area contributed by atoms with Gasteiger partial charge in [0, 0.05) is 29.7 Å². The van der Waals surface area contributed by atoms with Crippen LogP contribution in [0.2, 0.25) is 5.02 Å². The Bertz CT molecular complexity index is 421. The Balaban J connectivity index is 2.86. The second-order valence-corrected chi connectivity index (χ2v) is 4.87. The zero-order chi connectivity index (χ0) is 13.7. The maximum atomic E-state index is 11.0. The normalized spacial score (nSPS) is 11.2. The molecule has 0 aliphatic rings. The molecule has 4 nitrogen and oxygen atoms in total. The van der Waals surface area contributed by atoms with E-state index >= 15 is 0 Å². The Morgan fingerprint density at radius 1 is 1.50 bits per heavy atom. The second kappa shape index (κ2) is 6.73. The number of rotatable bonds is 6. The third-order valence-electron chi connectivity index (χ3n) is 2.83. The van der Waals surface area contributed by atoms with Crippen molar-refractivity contribution >= 4 is 17.5 Å². The lowest BCUT2D eigenvalue weighted by Gasteiger charge is -2.26. The average molecular weight is 271 g/mol. The van der Waals surface area contributed by atoms with Crippen molar-refractivity contribution in [2.75, 3.05) is 13.2 Å². The van der Waals surface area contributed by atoms with E-state index in [9.17, 15) is 4.79 Å². The number of aliphatic hydroxyl groups excluding tert-OH is 1. The van der Waals surface area contributed by atoms with Crippen LogP contribution in [0.15, 0.2) is 18.2 Å². The first-order valence-electron chi connectivity index (χ1n) is 5.88. The molecule has 100 valence electrons. The SMILES string of the molecule is CC(C)N(CCO)Cc1ccc(C(N)=O)cc1Cl. The number of aliphatic hydroxyl groups is 1. The molecule has 0 saturated heterocycles. The minimum Gasteiger partial charge on any atom is -0.395 e. The zero-order valence-corrected chi connectivity index (χ0v) is 11.4. The minimum atomic E-state index is -0.487. The maximum absolute atomic E-state index is 11.0. The molecular weight excluding hydrogens is 252 g/mol. The number of benzene rings is 1. The molecule has 5 heteroatoms. The summed E-state index contributed by atoms with van der Waals surface area (Å²) in [6, 6.07) is 5.36. The summed E-state index contributed by atoms with van der Waals surface area (Å²) in [6.45, 7) is 5.44. The molecule has 1 aromatic rings. The molecule has 18 heavy (non-hydrogen) atoms. The van der Waals surface area contributed by atoms with Crippen molar-refractivity contribution in [3.63, 3.8) is 0 Å². The summed E-state index contributed by atoms with van der Waals surface area (Å²) in [6.07, 6.45) is 0. The van der Waals surface area contributed by atoms with Gasteiger partial charge in [0.15, 0.2) is 0 Å². The number of carbonyl (C=O) groups is 1. The van der Waals surface area contributed by atoms with E-state index in [4.69, 9.17) is 22.4 Å². The molecular formula is C13H19ClN2O2. The molecule has 0 fully saturated rings. The van der Waals surface area contributed by atoms with Crippen LogP contribution in [0.1, 0.15) is 29.8 Å². The number of hydrogen-bond acceptors (Lipinski definition) is 3. The van der Waals surface area contributed by atoms with E-state index in [0.29, 0.717) is 29.7 Å². The van der Waals surface area contributed by atoms with Crippen LogP contribution in [-0.2, 0) is 6.54 Å². The van der Waals surface area contributed by atoms with Crippen molar-refractivity contribution in [2.45, 2.75) is 26.4 Å². The summed E-state index contributed by atoms with van der Waals surface area (Å²) in [5.41, 5.74) is 6.51. The molecule has 0 unspecified atom stereocenters. The van der Waals surface area contributed by atoms with Crippen LogP contribution in [0.3, 0.4) is 0 Å². The molecule has 1 rings (SSSR count). The van der Waals surface area contributed by atoms with E-state index in [1.165, 1.54) is 0 Å². The molecule has 0 saturated carbocycles. The van der Waals surface area contributed by atoms with Gasteiger partial charge in [-0.15, -0.1) is 0 Å². The fourth-order valence-electron chi connectivity index (χ4n) is 1.70. The molecule has 1 aromatic carbocycles. The quantitative estimate of drug-likeness (QED) is 0.826. The van der Waals surface area contributed by atoms with E-state index in [-0.39, 0.29) is 6.61 Å². The third kappa shape index (κ3) is 3.98. The molecule has 0 bridgehead atoms. The number of halogens is 1. The summed E-state index contributed by atoms with van der Waals surface area (Å²) < 4.78 is 0. The highest BCUT2D eigenvalue weighted by Gasteiger charge is 2.12. The fourth-order valence-corrected chi connectivity index (χ4v) is 1.94. The van der Waals surface area contributed by atoms with Crippen LogP contribution >= 0.6 is 11.6 Å². The van der Waals surface area contributed by atoms with Crippen molar-refractivity contribution in [3.05, 3.63) is 34.3 Å². The first-order chi connectivity index (χ1) is 8.45. The van der Waals surface area contributed by atoms with Crippen LogP contribution < -0.4 is 5.73 Å². The molecule has 1 amide bonds. The van der Waals surface area contributed by atoms with Gasteiger partial charge in [-0.1, -0.05) is 17.7 Å². The van der Waals surface area contributed by atoms with E-state index in [1.54, 1.807) is 18.2 Å². The van der Waals surface area contributed by atoms with Gasteiger partial charge >= 0.3 is 0 Å². The van der Waals surface area contributed by atoms with Crippen molar-refractivity contribution < 1.29 is 9.90 Å². The van der Waals surface area contributed by atoms with Crippen LogP contribution in [0.5, 0.6) is 0 Å². The summed E-state index contributed by atoms with van der Waals surface area (Å²) >= 11 is 6.13. The van der Waals surface area contributed by atoms with Gasteiger partial charge in [-0.05, 0) is 31.5 Å². The number of hydrogen-bond donors (Lipinski definition) is 2. The lowest BCUT2D eigenvalue weighted by atomic mass is 10.1. The van der Waals surface area contributed by atoms with Crippen LogP contribution in [-0.4, -0.2) is 35.1 Å². The monoisotopic (exact) mass is 270 g/mol. The average Bonchev–Trinajstić information content (AvgIpc) is 2.30. The highest BCUT2D eigenvalue weighted by Crippen LogP contribution is 2.20. The van der Waals surface area contributed by atoms with E-state index < -0.39 is 5.91 Å². The van der Waals surface area contributed by atoms with Gasteiger partial charge in [-0.3, -0.25) is 9.69 Å². The van der Waals surface area contributed by atoms with Crippen LogP contribution in [0.4, 0.5) is 0 Å². The van der Waals surface area contributed by atoms with E-state index in [1.807, 2.05) is 0 Å². The summed E-state index contributed by atoms with van der Waals surface area (Å²) in [4.78, 5) is 13.1. The Kier molecular flexibility index (Phi) is 5.59. The molecule has 3 N–H and O–H groups in total. The standard InChI is InChI=1S/C13H19ClN2O2/c1-9(2)16(5-6-17)8-11-4-3-10(13(15)18)7-12(11)14/h3-4,7,9,17H,5-6,8H2,1-2H3,(H2,15,18). The number of nitrogens with zero attached hydrogens (tertiary/aromatic N) is 1. The van der Waals surface area contributed by atoms with Crippen molar-refractivity contribution in [3.8, 4) is 0 Å². The molecule has 0 radical (unpaired) electrons. The lowest BCUT2D eigenvalue weighted by Crippen LogP contribution is -2.33. The van der Waals surface area contributed by atoms with Crippen molar-refractivity contribution in [1.82, 2.24) is 4.90 Å². The molecule has 0 aromatic heterocycles. The van der Waals surface area contributed by atoms with Gasteiger partial charge in [0.25, 0.3) is 0 Å². The summed E-state index contributed by atoms with van der Waals surface area (Å²) in [5, 5.41) is 9.54. The molecule has 0 aliphatic carbocycles. The minimum absolute atomic E-state index is 0.106. The molecule has 0 spiro atoms. The van der Waals surface area contributed by atoms with Crippen LogP contribution in [0.25, 0.3) is 0 Å². The van der Waals surface area contributed by atoms with Gasteiger partial charge in [0.1, 0.15) is 0 Å². The Hall–Kier alpha value is -1.10. The first-order valence-corrected chi connectivity index (χ1v) is 6.26. The number of primary amides is 1. The van der Waals surface area contributed by atoms with E-state index in [2.05, 4.69) is 18.7 Å². The highest BCUT2D eigenvalue weighted by atomic mass is 35.5. The van der Waals surface area contributed by atoms with Crippen LogP contribution in [0, 0.1) is 0 Å². The summed E-state index contributed by atoms with van der Waals surface area (Å²) in [7, 11) is 0. The molecule has 0 aliphatic heterocycles. The van der Waals surface area contributed by atoms with Gasteiger partial charge in [0.2, 0.25) is 5.91 Å². The Morgan fingerprint density at radius 2 is 2.17 bits per heavy atom. The smallest absolute Gasteiger partial charge is 0.248 e. The Labute approximate surface area is 112 Å². The van der Waals surface area contributed by atoms with Gasteiger partial charge in [-0.2, -0.15) is 0 Å². The fraction of sp³-hybridized carbons (Fsp3) is 0.462. The predicted molar refractivity (Wildman–Crippen MR) is 72.6 cm³/mol. The third-order valence-corrected chi connectivity index (χ3v) is 3.18. The first kappa shape index (κ1) is 15.0. The lowest BCUT2D eigenvalue weighted by molar-refractivity contribution is 0.1000. The van der Waals surface area contributed by atoms with Gasteiger partial charge < -0.3 is 10.8 Å². The molecule has 0 heterocycles. The molecule has 0 atom stereocenters. The van der Waals surface area contributed by atoms with Crippen molar-refractivity contribution in [2.24, 2.45) is 5.73 Å². The largest absolute Gasteiger partial charge is 0.395 e. The number of amides is 1. The highest BCUT2D eigenvalue weighted by molar-refractivity contribution is 6.31. The topological polar surface area (TPSA) is 66.6 Å².